The molecule has 0 spiro atoms. The van der Waals surface area contributed by atoms with Gasteiger partial charge in [-0.15, -0.1) is 5.10 Å². The van der Waals surface area contributed by atoms with Crippen LogP contribution < -0.4 is 0 Å². The van der Waals surface area contributed by atoms with Gasteiger partial charge in [-0.05, 0) is 49.4 Å². The molecule has 6 nitrogen and oxygen atoms in total. The molecule has 5 rings (SSSR count). The molecule has 1 saturated carbocycles. The Balaban J connectivity index is 1.54. The van der Waals surface area contributed by atoms with E-state index in [1.54, 1.807) is 12.1 Å². The van der Waals surface area contributed by atoms with E-state index in [4.69, 9.17) is 0 Å². The molecule has 1 aromatic carbocycles. The SMILES string of the molecule is Cc1c(-c2ccc3c(O)n(CC4CC4C)cc3c2)nnn1-c1cccnc1F. The Morgan fingerprint density at radius 3 is 2.86 bits per heavy atom. The Morgan fingerprint density at radius 2 is 2.11 bits per heavy atom. The summed E-state index contributed by atoms with van der Waals surface area (Å²) >= 11 is 0. The maximum absolute atomic E-state index is 14.0. The van der Waals surface area contributed by atoms with Crippen LogP contribution in [0.15, 0.2) is 42.7 Å². The van der Waals surface area contributed by atoms with Crippen LogP contribution in [0.2, 0.25) is 0 Å². The normalized spacial score (nSPS) is 18.7. The van der Waals surface area contributed by atoms with Crippen LogP contribution in [0.1, 0.15) is 19.0 Å². The number of fused-ring (bicyclic) bond motifs is 1. The Labute approximate surface area is 161 Å². The van der Waals surface area contributed by atoms with E-state index in [0.29, 0.717) is 17.5 Å². The minimum Gasteiger partial charge on any atom is -0.494 e. The fourth-order valence-electron chi connectivity index (χ4n) is 3.81. The molecule has 1 aliphatic rings. The van der Waals surface area contributed by atoms with Gasteiger partial charge >= 0.3 is 0 Å². The summed E-state index contributed by atoms with van der Waals surface area (Å²) < 4.78 is 17.4. The lowest BCUT2D eigenvalue weighted by molar-refractivity contribution is 0.412. The second-order valence-electron chi connectivity index (χ2n) is 7.63. The summed E-state index contributed by atoms with van der Waals surface area (Å²) in [7, 11) is 0. The van der Waals surface area contributed by atoms with E-state index in [0.717, 1.165) is 34.5 Å². The number of halogens is 1. The molecule has 28 heavy (non-hydrogen) atoms. The summed E-state index contributed by atoms with van der Waals surface area (Å²) in [6.45, 7) is 4.93. The standard InChI is InChI=1S/C21H20FN5O/c1-12-8-15(12)10-26-11-16-9-14(5-6-17(16)21(26)28)19-13(2)27(25-24-19)18-4-3-7-23-20(18)22/h3-7,9,11-12,15,28H,8,10H2,1-2H3. The second-order valence-corrected chi connectivity index (χ2v) is 7.63. The summed E-state index contributed by atoms with van der Waals surface area (Å²) in [5.74, 6) is 1.09. The molecule has 0 bridgehead atoms. The first kappa shape index (κ1) is 16.9. The zero-order valence-corrected chi connectivity index (χ0v) is 15.7. The van der Waals surface area contributed by atoms with Gasteiger partial charge in [-0.1, -0.05) is 18.2 Å². The van der Waals surface area contributed by atoms with Gasteiger partial charge in [0, 0.05) is 35.3 Å². The number of benzene rings is 1. The first-order chi connectivity index (χ1) is 13.5. The first-order valence-corrected chi connectivity index (χ1v) is 9.38. The third kappa shape index (κ3) is 2.66. The van der Waals surface area contributed by atoms with Crippen molar-refractivity contribution < 1.29 is 9.50 Å². The van der Waals surface area contributed by atoms with Crippen LogP contribution >= 0.6 is 0 Å². The van der Waals surface area contributed by atoms with Crippen molar-refractivity contribution in [3.05, 3.63) is 54.4 Å². The summed E-state index contributed by atoms with van der Waals surface area (Å²) in [4.78, 5) is 3.68. The van der Waals surface area contributed by atoms with Crippen molar-refractivity contribution >= 4 is 10.8 Å². The summed E-state index contributed by atoms with van der Waals surface area (Å²) in [5.41, 5.74) is 2.54. The predicted molar refractivity (Wildman–Crippen MR) is 104 cm³/mol. The van der Waals surface area contributed by atoms with E-state index in [9.17, 15) is 9.50 Å². The first-order valence-electron chi connectivity index (χ1n) is 9.38. The van der Waals surface area contributed by atoms with E-state index < -0.39 is 5.95 Å². The lowest BCUT2D eigenvalue weighted by atomic mass is 10.1. The van der Waals surface area contributed by atoms with Crippen LogP contribution in [0.5, 0.6) is 5.88 Å². The number of rotatable bonds is 4. The van der Waals surface area contributed by atoms with Crippen molar-refractivity contribution in [1.29, 1.82) is 0 Å². The summed E-state index contributed by atoms with van der Waals surface area (Å²) in [6.07, 6.45) is 4.60. The fraction of sp³-hybridized carbons (Fsp3) is 0.286. The lowest BCUT2D eigenvalue weighted by Gasteiger charge is -2.04. The second kappa shape index (κ2) is 6.15. The van der Waals surface area contributed by atoms with Gasteiger partial charge in [-0.3, -0.25) is 0 Å². The van der Waals surface area contributed by atoms with Crippen LogP contribution in [0.3, 0.4) is 0 Å². The number of nitrogens with zero attached hydrogens (tertiary/aromatic N) is 5. The minimum atomic E-state index is -0.589. The Hall–Kier alpha value is -3.22. The number of hydrogen-bond acceptors (Lipinski definition) is 4. The molecule has 0 amide bonds. The van der Waals surface area contributed by atoms with E-state index in [1.165, 1.54) is 17.3 Å². The van der Waals surface area contributed by atoms with Gasteiger partial charge in [0.2, 0.25) is 5.95 Å². The molecule has 3 aromatic heterocycles. The van der Waals surface area contributed by atoms with Crippen LogP contribution in [0, 0.1) is 24.7 Å². The zero-order chi connectivity index (χ0) is 19.4. The number of pyridine rings is 1. The largest absolute Gasteiger partial charge is 0.494 e. The highest BCUT2D eigenvalue weighted by molar-refractivity contribution is 5.91. The molecular weight excluding hydrogens is 357 g/mol. The van der Waals surface area contributed by atoms with Crippen LogP contribution in [0.25, 0.3) is 27.7 Å². The third-order valence-corrected chi connectivity index (χ3v) is 5.70. The van der Waals surface area contributed by atoms with Crippen LogP contribution in [-0.4, -0.2) is 29.7 Å². The topological polar surface area (TPSA) is 68.8 Å². The molecule has 2 unspecified atom stereocenters. The van der Waals surface area contributed by atoms with Crippen molar-refractivity contribution in [2.75, 3.05) is 0 Å². The smallest absolute Gasteiger partial charge is 0.238 e. The van der Waals surface area contributed by atoms with E-state index >= 15 is 0 Å². The van der Waals surface area contributed by atoms with Crippen molar-refractivity contribution in [2.24, 2.45) is 11.8 Å². The lowest BCUT2D eigenvalue weighted by Crippen LogP contribution is -2.03. The van der Waals surface area contributed by atoms with Gasteiger partial charge in [0.25, 0.3) is 0 Å². The van der Waals surface area contributed by atoms with Gasteiger partial charge in [0.15, 0.2) is 5.88 Å². The highest BCUT2D eigenvalue weighted by Gasteiger charge is 2.33. The molecule has 1 aliphatic carbocycles. The molecular formula is C21H20FN5O. The third-order valence-electron chi connectivity index (χ3n) is 5.70. The Kier molecular flexibility index (Phi) is 3.72. The molecule has 0 radical (unpaired) electrons. The fourth-order valence-corrected chi connectivity index (χ4v) is 3.81. The van der Waals surface area contributed by atoms with Gasteiger partial charge in [0.1, 0.15) is 11.4 Å². The van der Waals surface area contributed by atoms with Crippen molar-refractivity contribution in [1.82, 2.24) is 24.5 Å². The highest BCUT2D eigenvalue weighted by atomic mass is 19.1. The van der Waals surface area contributed by atoms with Gasteiger partial charge < -0.3 is 9.67 Å². The number of hydrogen-bond donors (Lipinski definition) is 1. The van der Waals surface area contributed by atoms with Crippen LogP contribution in [-0.2, 0) is 6.54 Å². The van der Waals surface area contributed by atoms with Crippen molar-refractivity contribution in [3.8, 4) is 22.8 Å². The quantitative estimate of drug-likeness (QED) is 0.544. The number of aromatic hydroxyl groups is 1. The average molecular weight is 377 g/mol. The highest BCUT2D eigenvalue weighted by Crippen LogP contribution is 2.41. The van der Waals surface area contributed by atoms with Crippen LogP contribution in [0.4, 0.5) is 4.39 Å². The molecule has 142 valence electrons. The Morgan fingerprint density at radius 1 is 1.29 bits per heavy atom. The molecule has 1 N–H and O–H groups in total. The van der Waals surface area contributed by atoms with Crippen molar-refractivity contribution in [2.45, 2.75) is 26.8 Å². The maximum atomic E-state index is 14.0. The van der Waals surface area contributed by atoms with E-state index in [-0.39, 0.29) is 5.69 Å². The molecule has 1 fully saturated rings. The molecule has 7 heteroatoms. The Bertz CT molecular complexity index is 1190. The van der Waals surface area contributed by atoms with E-state index in [2.05, 4.69) is 22.2 Å². The van der Waals surface area contributed by atoms with Gasteiger partial charge in [0.05, 0.1) is 5.69 Å². The molecule has 4 aromatic rings. The molecule has 0 saturated heterocycles. The van der Waals surface area contributed by atoms with Gasteiger partial charge in [-0.25, -0.2) is 9.67 Å². The van der Waals surface area contributed by atoms with E-state index in [1.807, 2.05) is 35.9 Å². The van der Waals surface area contributed by atoms with Gasteiger partial charge in [-0.2, -0.15) is 4.39 Å². The number of aromatic nitrogens is 5. The summed E-state index contributed by atoms with van der Waals surface area (Å²) in [5, 5.41) is 20.7. The zero-order valence-electron chi connectivity index (χ0n) is 15.7. The predicted octanol–water partition coefficient (Wildman–Crippen LogP) is 4.09. The maximum Gasteiger partial charge on any atom is 0.238 e. The molecule has 0 aliphatic heterocycles. The van der Waals surface area contributed by atoms with Crippen molar-refractivity contribution in [3.63, 3.8) is 0 Å². The molecule has 2 atom stereocenters. The molecule has 3 heterocycles. The summed E-state index contributed by atoms with van der Waals surface area (Å²) in [6, 6.07) is 9.08. The average Bonchev–Trinajstić information content (AvgIpc) is 3.10. The monoisotopic (exact) mass is 377 g/mol. The minimum absolute atomic E-state index is 0.266.